The number of carboxylic acid groups (broad SMARTS) is 1. The van der Waals surface area contributed by atoms with Crippen LogP contribution in [0.3, 0.4) is 0 Å². The summed E-state index contributed by atoms with van der Waals surface area (Å²) in [4.78, 5) is 45.7. The van der Waals surface area contributed by atoms with E-state index in [0.29, 0.717) is 5.56 Å². The van der Waals surface area contributed by atoms with Gasteiger partial charge in [-0.15, -0.1) is 0 Å². The smallest absolute Gasteiger partial charge is 0.330 e. The highest BCUT2D eigenvalue weighted by Gasteiger charge is 2.22. The number of amides is 2. The average Bonchev–Trinajstić information content (AvgIpc) is 2.68. The van der Waals surface area contributed by atoms with Crippen molar-refractivity contribution in [1.29, 1.82) is 0 Å². The summed E-state index contributed by atoms with van der Waals surface area (Å²) in [5.74, 6) is -2.20. The number of nitrogens with zero attached hydrogens (tertiary/aromatic N) is 1. The maximum Gasteiger partial charge on any atom is 0.330 e. The molecule has 0 saturated heterocycles. The molecule has 0 radical (unpaired) electrons. The van der Waals surface area contributed by atoms with Crippen LogP contribution in [-0.2, 0) is 9.59 Å². The number of benzene rings is 2. The molecule has 2 amide bonds. The molecule has 1 unspecified atom stereocenters. The Morgan fingerprint density at radius 2 is 1.72 bits per heavy atom. The summed E-state index contributed by atoms with van der Waals surface area (Å²) >= 11 is 0. The summed E-state index contributed by atoms with van der Waals surface area (Å²) < 4.78 is 0. The van der Waals surface area contributed by atoms with E-state index in [1.54, 1.807) is 18.2 Å². The Hall–Kier alpha value is -3.75. The molecule has 9 nitrogen and oxygen atoms in total. The van der Waals surface area contributed by atoms with E-state index in [-0.39, 0.29) is 24.2 Å². The zero-order chi connectivity index (χ0) is 21.6. The topological polar surface area (TPSA) is 139 Å². The highest BCUT2D eigenvalue weighted by atomic mass is 16.6. The first-order chi connectivity index (χ1) is 13.7. The van der Waals surface area contributed by atoms with Gasteiger partial charge in [-0.2, -0.15) is 0 Å². The molecule has 29 heavy (non-hydrogen) atoms. The van der Waals surface area contributed by atoms with Gasteiger partial charge in [0.15, 0.2) is 6.04 Å². The van der Waals surface area contributed by atoms with Gasteiger partial charge in [0.1, 0.15) is 0 Å². The monoisotopic (exact) mass is 399 g/mol. The van der Waals surface area contributed by atoms with Gasteiger partial charge in [-0.25, -0.2) is 4.79 Å². The standard InChI is InChI=1S/C20H21N3O6/c1-12-3-4-15(11-13(12)2)18(20(26)27)22-17(24)9-10-21-19(25)14-5-7-16(8-6-14)23(28)29/h3-8,11,18H,9-10H2,1-2H3,(H,21,25)(H,22,24)(H,26,27). The van der Waals surface area contributed by atoms with Gasteiger partial charge in [0.25, 0.3) is 11.6 Å². The average molecular weight is 399 g/mol. The van der Waals surface area contributed by atoms with Crippen molar-refractivity contribution < 1.29 is 24.4 Å². The lowest BCUT2D eigenvalue weighted by atomic mass is 10.0. The molecule has 2 aromatic carbocycles. The van der Waals surface area contributed by atoms with Crippen LogP contribution in [0.15, 0.2) is 42.5 Å². The van der Waals surface area contributed by atoms with Crippen molar-refractivity contribution in [3.05, 3.63) is 74.8 Å². The molecule has 0 bridgehead atoms. The maximum atomic E-state index is 12.1. The number of nitro groups is 1. The van der Waals surface area contributed by atoms with Crippen molar-refractivity contribution in [3.8, 4) is 0 Å². The highest BCUT2D eigenvalue weighted by molar-refractivity contribution is 5.94. The maximum absolute atomic E-state index is 12.1. The molecule has 0 heterocycles. The van der Waals surface area contributed by atoms with Gasteiger partial charge in [-0.1, -0.05) is 18.2 Å². The van der Waals surface area contributed by atoms with Crippen molar-refractivity contribution in [2.45, 2.75) is 26.3 Å². The number of nitrogens with one attached hydrogen (secondary N) is 2. The summed E-state index contributed by atoms with van der Waals surface area (Å²) in [6.45, 7) is 3.75. The number of hydrogen-bond acceptors (Lipinski definition) is 5. The summed E-state index contributed by atoms with van der Waals surface area (Å²) in [5.41, 5.74) is 2.47. The molecule has 0 fully saturated rings. The SMILES string of the molecule is Cc1ccc(C(NC(=O)CCNC(=O)c2ccc([N+](=O)[O-])cc2)C(=O)O)cc1C. The van der Waals surface area contributed by atoms with Gasteiger partial charge in [-0.3, -0.25) is 19.7 Å². The molecule has 2 rings (SSSR count). The van der Waals surface area contributed by atoms with E-state index < -0.39 is 28.7 Å². The minimum absolute atomic E-state index is 0.0130. The van der Waals surface area contributed by atoms with E-state index in [0.717, 1.165) is 11.1 Å². The second kappa shape index (κ2) is 9.45. The molecule has 0 spiro atoms. The van der Waals surface area contributed by atoms with E-state index in [9.17, 15) is 29.6 Å². The van der Waals surface area contributed by atoms with Gasteiger partial charge in [0.2, 0.25) is 5.91 Å². The molecular formula is C20H21N3O6. The summed E-state index contributed by atoms with van der Waals surface area (Å²) in [6, 6.07) is 9.01. The minimum atomic E-state index is -1.19. The van der Waals surface area contributed by atoms with Gasteiger partial charge in [-0.05, 0) is 42.7 Å². The molecular weight excluding hydrogens is 378 g/mol. The number of aliphatic carboxylic acids is 1. The van der Waals surface area contributed by atoms with Crippen molar-refractivity contribution in [2.75, 3.05) is 6.54 Å². The Morgan fingerprint density at radius 1 is 1.07 bits per heavy atom. The lowest BCUT2D eigenvalue weighted by molar-refractivity contribution is -0.384. The molecule has 152 valence electrons. The normalized spacial score (nSPS) is 11.4. The number of carbonyl (C=O) groups is 3. The number of non-ortho nitro benzene ring substituents is 1. The molecule has 0 saturated carbocycles. The predicted octanol–water partition coefficient (Wildman–Crippen LogP) is 2.27. The molecule has 0 aromatic heterocycles. The van der Waals surface area contributed by atoms with Gasteiger partial charge >= 0.3 is 5.97 Å². The van der Waals surface area contributed by atoms with Crippen LogP contribution in [0.5, 0.6) is 0 Å². The van der Waals surface area contributed by atoms with Crippen LogP contribution in [0.4, 0.5) is 5.69 Å². The zero-order valence-electron chi connectivity index (χ0n) is 16.0. The number of carbonyl (C=O) groups excluding carboxylic acids is 2. The zero-order valence-corrected chi connectivity index (χ0v) is 16.0. The van der Waals surface area contributed by atoms with E-state index >= 15 is 0 Å². The van der Waals surface area contributed by atoms with Gasteiger partial charge in [0.05, 0.1) is 4.92 Å². The van der Waals surface area contributed by atoms with Crippen molar-refractivity contribution >= 4 is 23.5 Å². The third-order valence-electron chi connectivity index (χ3n) is 4.39. The van der Waals surface area contributed by atoms with Crippen LogP contribution in [-0.4, -0.2) is 34.4 Å². The highest BCUT2D eigenvalue weighted by Crippen LogP contribution is 2.18. The van der Waals surface area contributed by atoms with Crippen molar-refractivity contribution in [3.63, 3.8) is 0 Å². The van der Waals surface area contributed by atoms with Gasteiger partial charge < -0.3 is 15.7 Å². The number of rotatable bonds is 8. The number of carboxylic acids is 1. The lowest BCUT2D eigenvalue weighted by Crippen LogP contribution is -2.36. The van der Waals surface area contributed by atoms with Crippen LogP contribution in [0, 0.1) is 24.0 Å². The second-order valence-corrected chi connectivity index (χ2v) is 6.49. The van der Waals surface area contributed by atoms with E-state index in [4.69, 9.17) is 0 Å². The van der Waals surface area contributed by atoms with Crippen molar-refractivity contribution in [1.82, 2.24) is 10.6 Å². The molecule has 3 N–H and O–H groups in total. The number of nitro benzene ring substituents is 1. The van der Waals surface area contributed by atoms with Crippen LogP contribution in [0.1, 0.15) is 39.5 Å². The summed E-state index contributed by atoms with van der Waals surface area (Å²) in [6.07, 6.45) is -0.118. The Balaban J connectivity index is 1.90. The molecule has 2 aromatic rings. The third kappa shape index (κ3) is 5.86. The Kier molecular flexibility index (Phi) is 7.02. The van der Waals surface area contributed by atoms with E-state index in [1.807, 2.05) is 13.8 Å². The fraction of sp³-hybridized carbons (Fsp3) is 0.250. The Labute approximate surface area is 166 Å². The van der Waals surface area contributed by atoms with E-state index in [1.165, 1.54) is 24.3 Å². The molecule has 0 aliphatic heterocycles. The largest absolute Gasteiger partial charge is 0.479 e. The Morgan fingerprint density at radius 3 is 2.28 bits per heavy atom. The predicted molar refractivity (Wildman–Crippen MR) is 104 cm³/mol. The van der Waals surface area contributed by atoms with E-state index in [2.05, 4.69) is 10.6 Å². The first-order valence-corrected chi connectivity index (χ1v) is 8.81. The van der Waals surface area contributed by atoms with Crippen molar-refractivity contribution in [2.24, 2.45) is 0 Å². The molecule has 0 aliphatic carbocycles. The summed E-state index contributed by atoms with van der Waals surface area (Å²) in [7, 11) is 0. The second-order valence-electron chi connectivity index (χ2n) is 6.49. The first kappa shape index (κ1) is 21.5. The Bertz CT molecular complexity index is 940. The number of aryl methyl sites for hydroxylation is 2. The fourth-order valence-electron chi connectivity index (χ4n) is 2.59. The first-order valence-electron chi connectivity index (χ1n) is 8.81. The fourth-order valence-corrected chi connectivity index (χ4v) is 2.59. The van der Waals surface area contributed by atoms with Crippen LogP contribution < -0.4 is 10.6 Å². The molecule has 0 aliphatic rings. The van der Waals surface area contributed by atoms with Crippen LogP contribution in [0.2, 0.25) is 0 Å². The van der Waals surface area contributed by atoms with Crippen LogP contribution >= 0.6 is 0 Å². The summed E-state index contributed by atoms with van der Waals surface area (Å²) in [5, 5.41) is 25.0. The quantitative estimate of drug-likeness (QED) is 0.460. The number of hydrogen-bond donors (Lipinski definition) is 3. The minimum Gasteiger partial charge on any atom is -0.479 e. The van der Waals surface area contributed by atoms with Crippen LogP contribution in [0.25, 0.3) is 0 Å². The molecule has 9 heteroatoms. The van der Waals surface area contributed by atoms with Gasteiger partial charge in [0, 0.05) is 30.7 Å². The lowest BCUT2D eigenvalue weighted by Gasteiger charge is -2.16. The third-order valence-corrected chi connectivity index (χ3v) is 4.39. The molecule has 1 atom stereocenters.